The van der Waals surface area contributed by atoms with Crippen molar-refractivity contribution in [2.24, 2.45) is 0 Å². The van der Waals surface area contributed by atoms with Gasteiger partial charge in [-0.05, 0) is 73.5 Å². The van der Waals surface area contributed by atoms with Gasteiger partial charge in [-0.25, -0.2) is 0 Å². The van der Waals surface area contributed by atoms with E-state index in [0.29, 0.717) is 35.8 Å². The number of halogens is 2. The summed E-state index contributed by atoms with van der Waals surface area (Å²) in [4.78, 5) is 32.3. The van der Waals surface area contributed by atoms with Crippen molar-refractivity contribution >= 4 is 55.0 Å². The molecule has 0 fully saturated rings. The van der Waals surface area contributed by atoms with E-state index in [9.17, 15) is 9.59 Å². The van der Waals surface area contributed by atoms with E-state index >= 15 is 0 Å². The normalized spacial score (nSPS) is 10.8. The van der Waals surface area contributed by atoms with Crippen molar-refractivity contribution < 1.29 is 19.1 Å². The third-order valence-corrected chi connectivity index (χ3v) is 9.01. The molecule has 48 heavy (non-hydrogen) atoms. The first-order valence-electron chi connectivity index (χ1n) is 17.0. The molecule has 4 aromatic rings. The number of anilines is 2. The standard InChI is InChI=1S/C40H46Br2N2O4/c1-3-5-7-15-27-47-37-23-21-31(41)29-35(37)39(45)43(33-17-11-9-12-18-33)25-26-44(34-19-13-10-14-20-34)40(46)36-30-32(42)22-24-38(36)48-28-16-8-6-4-2/h9-14,17-24,29-30H,3-8,15-16,25-28H2,1-2H3. The lowest BCUT2D eigenvalue weighted by molar-refractivity contribution is 0.0963. The second-order valence-corrected chi connectivity index (χ2v) is 13.5. The van der Waals surface area contributed by atoms with Crippen molar-refractivity contribution in [3.05, 3.63) is 117 Å². The minimum Gasteiger partial charge on any atom is -0.493 e. The summed E-state index contributed by atoms with van der Waals surface area (Å²) < 4.78 is 13.9. The van der Waals surface area contributed by atoms with Crippen LogP contribution in [0.4, 0.5) is 11.4 Å². The van der Waals surface area contributed by atoms with E-state index in [-0.39, 0.29) is 24.9 Å². The first-order valence-corrected chi connectivity index (χ1v) is 18.6. The Hall–Kier alpha value is -3.62. The first-order chi connectivity index (χ1) is 23.4. The topological polar surface area (TPSA) is 59.1 Å². The molecule has 6 nitrogen and oxygen atoms in total. The van der Waals surface area contributed by atoms with Crippen LogP contribution in [0.3, 0.4) is 0 Å². The zero-order valence-electron chi connectivity index (χ0n) is 28.0. The fourth-order valence-electron chi connectivity index (χ4n) is 5.41. The molecule has 4 rings (SSSR count). The number of amides is 2. The highest BCUT2D eigenvalue weighted by Gasteiger charge is 2.26. The zero-order valence-corrected chi connectivity index (χ0v) is 31.2. The number of carbonyl (C=O) groups excluding carboxylic acids is 2. The van der Waals surface area contributed by atoms with Crippen LogP contribution in [0.2, 0.25) is 0 Å². The summed E-state index contributed by atoms with van der Waals surface area (Å²) in [6, 6.07) is 30.2. The molecule has 0 atom stereocenters. The van der Waals surface area contributed by atoms with Crippen LogP contribution < -0.4 is 19.3 Å². The fraction of sp³-hybridized carbons (Fsp3) is 0.350. The Bertz CT molecular complexity index is 1460. The van der Waals surface area contributed by atoms with Gasteiger partial charge in [0.2, 0.25) is 0 Å². The molecule has 0 saturated heterocycles. The first kappa shape index (κ1) is 37.2. The van der Waals surface area contributed by atoms with E-state index in [1.54, 1.807) is 9.80 Å². The lowest BCUT2D eigenvalue weighted by atomic mass is 10.1. The summed E-state index contributed by atoms with van der Waals surface area (Å²) in [6.07, 6.45) is 8.61. The summed E-state index contributed by atoms with van der Waals surface area (Å²) in [5, 5.41) is 0. The Balaban J connectivity index is 1.64. The maximum Gasteiger partial charge on any atom is 0.262 e. The van der Waals surface area contributed by atoms with Gasteiger partial charge in [0.15, 0.2) is 0 Å². The predicted octanol–water partition coefficient (Wildman–Crippen LogP) is 11.1. The maximum absolute atomic E-state index is 14.4. The van der Waals surface area contributed by atoms with Gasteiger partial charge >= 0.3 is 0 Å². The Morgan fingerprint density at radius 1 is 0.542 bits per heavy atom. The minimum atomic E-state index is -0.204. The SMILES string of the molecule is CCCCCCOc1ccc(Br)cc1C(=O)N(CCN(C(=O)c1cc(Br)ccc1OCCCCCC)c1ccccc1)c1ccccc1. The van der Waals surface area contributed by atoms with Gasteiger partial charge in [-0.2, -0.15) is 0 Å². The molecule has 0 radical (unpaired) electrons. The van der Waals surface area contributed by atoms with Crippen molar-refractivity contribution in [2.75, 3.05) is 36.1 Å². The Kier molecular flexibility index (Phi) is 15.5. The van der Waals surface area contributed by atoms with Gasteiger partial charge in [0, 0.05) is 33.4 Å². The molecule has 254 valence electrons. The van der Waals surface area contributed by atoms with Gasteiger partial charge in [0.05, 0.1) is 24.3 Å². The van der Waals surface area contributed by atoms with Crippen LogP contribution in [0.1, 0.15) is 85.9 Å². The van der Waals surface area contributed by atoms with Crippen LogP contribution in [0.5, 0.6) is 11.5 Å². The van der Waals surface area contributed by atoms with E-state index in [1.165, 1.54) is 0 Å². The molecule has 0 N–H and O–H groups in total. The predicted molar refractivity (Wildman–Crippen MR) is 204 cm³/mol. The Morgan fingerprint density at radius 2 is 0.938 bits per heavy atom. The molecule has 0 aliphatic heterocycles. The summed E-state index contributed by atoms with van der Waals surface area (Å²) in [7, 11) is 0. The van der Waals surface area contributed by atoms with Crippen molar-refractivity contribution in [1.29, 1.82) is 0 Å². The monoisotopic (exact) mass is 776 g/mol. The highest BCUT2D eigenvalue weighted by molar-refractivity contribution is 9.10. The number of unbranched alkanes of at least 4 members (excludes halogenated alkanes) is 6. The van der Waals surface area contributed by atoms with Crippen molar-refractivity contribution in [3.8, 4) is 11.5 Å². The molecular weight excluding hydrogens is 732 g/mol. The lowest BCUT2D eigenvalue weighted by Gasteiger charge is -2.29. The van der Waals surface area contributed by atoms with Crippen LogP contribution in [-0.2, 0) is 0 Å². The molecule has 8 heteroatoms. The van der Waals surface area contributed by atoms with Gasteiger partial charge in [0.1, 0.15) is 11.5 Å². The third-order valence-electron chi connectivity index (χ3n) is 8.03. The summed E-state index contributed by atoms with van der Waals surface area (Å²) in [5.74, 6) is 0.688. The van der Waals surface area contributed by atoms with Crippen LogP contribution in [-0.4, -0.2) is 38.1 Å². The van der Waals surface area contributed by atoms with E-state index < -0.39 is 0 Å². The molecule has 2 amide bonds. The largest absolute Gasteiger partial charge is 0.493 e. The number of hydrogen-bond donors (Lipinski definition) is 0. The second-order valence-electron chi connectivity index (χ2n) is 11.7. The number of nitrogens with zero attached hydrogens (tertiary/aromatic N) is 2. The molecule has 0 saturated carbocycles. The van der Waals surface area contributed by atoms with Gasteiger partial charge in [-0.3, -0.25) is 9.59 Å². The number of benzene rings is 4. The zero-order chi connectivity index (χ0) is 34.1. The van der Waals surface area contributed by atoms with Crippen LogP contribution in [0.25, 0.3) is 0 Å². The highest BCUT2D eigenvalue weighted by Crippen LogP contribution is 2.30. The van der Waals surface area contributed by atoms with E-state index in [0.717, 1.165) is 71.7 Å². The fourth-order valence-corrected chi connectivity index (χ4v) is 6.14. The molecule has 0 heterocycles. The van der Waals surface area contributed by atoms with Crippen molar-refractivity contribution in [2.45, 2.75) is 65.2 Å². The molecule has 0 bridgehead atoms. The average molecular weight is 779 g/mol. The molecular formula is C40H46Br2N2O4. The van der Waals surface area contributed by atoms with Crippen molar-refractivity contribution in [3.63, 3.8) is 0 Å². The van der Waals surface area contributed by atoms with E-state index in [1.807, 2.05) is 97.1 Å². The molecule has 0 aromatic heterocycles. The summed E-state index contributed by atoms with van der Waals surface area (Å²) >= 11 is 7.12. The smallest absolute Gasteiger partial charge is 0.262 e. The quantitative estimate of drug-likeness (QED) is 0.0890. The van der Waals surface area contributed by atoms with Gasteiger partial charge in [0.25, 0.3) is 11.8 Å². The minimum absolute atomic E-state index is 0.204. The van der Waals surface area contributed by atoms with Gasteiger partial charge < -0.3 is 19.3 Å². The van der Waals surface area contributed by atoms with E-state index in [2.05, 4.69) is 45.7 Å². The molecule has 0 spiro atoms. The van der Waals surface area contributed by atoms with E-state index in [4.69, 9.17) is 9.47 Å². The Labute approximate surface area is 302 Å². The van der Waals surface area contributed by atoms with Crippen LogP contribution in [0.15, 0.2) is 106 Å². The average Bonchev–Trinajstić information content (AvgIpc) is 3.11. The maximum atomic E-state index is 14.4. The van der Waals surface area contributed by atoms with Crippen LogP contribution in [0, 0.1) is 0 Å². The lowest BCUT2D eigenvalue weighted by Crippen LogP contribution is -2.41. The summed E-state index contributed by atoms with van der Waals surface area (Å²) in [6.45, 7) is 5.93. The molecule has 0 aliphatic carbocycles. The molecule has 0 unspecified atom stereocenters. The number of para-hydroxylation sites is 2. The van der Waals surface area contributed by atoms with Gasteiger partial charge in [-0.15, -0.1) is 0 Å². The second kappa shape index (κ2) is 20.0. The van der Waals surface area contributed by atoms with Gasteiger partial charge in [-0.1, -0.05) is 121 Å². The number of ether oxygens (including phenoxy) is 2. The van der Waals surface area contributed by atoms with Crippen molar-refractivity contribution in [1.82, 2.24) is 0 Å². The number of carbonyl (C=O) groups is 2. The number of rotatable bonds is 19. The third kappa shape index (κ3) is 11.0. The summed E-state index contributed by atoms with van der Waals surface area (Å²) in [5.41, 5.74) is 2.39. The highest BCUT2D eigenvalue weighted by atomic mass is 79.9. The molecule has 4 aromatic carbocycles. The number of hydrogen-bond acceptors (Lipinski definition) is 4. The Morgan fingerprint density at radius 3 is 1.31 bits per heavy atom. The molecule has 0 aliphatic rings. The van der Waals surface area contributed by atoms with Crippen LogP contribution >= 0.6 is 31.9 Å².